The number of rotatable bonds is 3. The second-order valence-electron chi connectivity index (χ2n) is 6.01. The average molecular weight is 322 g/mol. The Bertz CT molecular complexity index is 834. The Morgan fingerprint density at radius 3 is 2.88 bits per heavy atom. The van der Waals surface area contributed by atoms with Crippen molar-refractivity contribution in [2.45, 2.75) is 12.8 Å². The summed E-state index contributed by atoms with van der Waals surface area (Å²) in [7, 11) is 0. The van der Waals surface area contributed by atoms with E-state index in [0.29, 0.717) is 5.82 Å². The van der Waals surface area contributed by atoms with Crippen molar-refractivity contribution >= 4 is 28.2 Å². The van der Waals surface area contributed by atoms with E-state index >= 15 is 0 Å². The fraction of sp³-hybridized carbons (Fsp3) is 0.278. The molecule has 3 heterocycles. The summed E-state index contributed by atoms with van der Waals surface area (Å²) in [6.07, 6.45) is 6.81. The summed E-state index contributed by atoms with van der Waals surface area (Å²) < 4.78 is 4.74. The topological polar surface area (TPSA) is 71.3 Å². The molecule has 2 aromatic heterocycles. The monoisotopic (exact) mass is 322 g/mol. The van der Waals surface area contributed by atoms with Gasteiger partial charge in [-0.2, -0.15) is 0 Å². The highest BCUT2D eigenvalue weighted by Gasteiger charge is 2.26. The Hall–Kier alpha value is -2.89. The van der Waals surface area contributed by atoms with Crippen molar-refractivity contribution < 1.29 is 9.32 Å². The summed E-state index contributed by atoms with van der Waals surface area (Å²) in [5.41, 5.74) is 1.21. The zero-order valence-corrected chi connectivity index (χ0v) is 13.2. The van der Waals surface area contributed by atoms with Crippen molar-refractivity contribution in [1.29, 1.82) is 0 Å². The van der Waals surface area contributed by atoms with Gasteiger partial charge in [-0.15, -0.1) is 0 Å². The third-order valence-corrected chi connectivity index (χ3v) is 4.55. The molecule has 4 rings (SSSR count). The molecule has 1 amide bonds. The Morgan fingerprint density at radius 1 is 1.21 bits per heavy atom. The maximum absolute atomic E-state index is 12.3. The van der Waals surface area contributed by atoms with Crippen LogP contribution in [0.1, 0.15) is 12.8 Å². The lowest BCUT2D eigenvalue weighted by atomic mass is 9.95. The van der Waals surface area contributed by atoms with Crippen LogP contribution in [0.4, 0.5) is 11.5 Å². The van der Waals surface area contributed by atoms with Crippen molar-refractivity contribution in [3.63, 3.8) is 0 Å². The van der Waals surface area contributed by atoms with Crippen LogP contribution in [0, 0.1) is 5.92 Å². The molecule has 0 bridgehead atoms. The fourth-order valence-corrected chi connectivity index (χ4v) is 3.27. The first-order valence-corrected chi connectivity index (χ1v) is 8.10. The number of hydrogen-bond acceptors (Lipinski definition) is 5. The average Bonchev–Trinajstić information content (AvgIpc) is 3.14. The molecular formula is C18H18N4O2. The predicted octanol–water partition coefficient (Wildman–Crippen LogP) is 3.08. The molecule has 1 N–H and O–H groups in total. The predicted molar refractivity (Wildman–Crippen MR) is 91.8 cm³/mol. The van der Waals surface area contributed by atoms with Gasteiger partial charge in [0, 0.05) is 53.9 Å². The minimum Gasteiger partial charge on any atom is -0.371 e. The van der Waals surface area contributed by atoms with Gasteiger partial charge in [0.25, 0.3) is 0 Å². The van der Waals surface area contributed by atoms with E-state index < -0.39 is 0 Å². The highest BCUT2D eigenvalue weighted by Crippen LogP contribution is 2.30. The van der Waals surface area contributed by atoms with E-state index in [1.165, 1.54) is 17.3 Å². The van der Waals surface area contributed by atoms with E-state index in [1.54, 1.807) is 6.07 Å². The minimum absolute atomic E-state index is 0.00888. The van der Waals surface area contributed by atoms with Crippen LogP contribution in [0.25, 0.3) is 10.8 Å². The van der Waals surface area contributed by atoms with Crippen LogP contribution in [0.3, 0.4) is 0 Å². The van der Waals surface area contributed by atoms with Gasteiger partial charge in [-0.25, -0.2) is 0 Å². The number of benzene rings is 1. The SMILES string of the molecule is O=C(Nc1ccon1)C1CCN(c2cccc3cnccc23)CC1. The molecule has 6 heteroatoms. The molecule has 0 atom stereocenters. The maximum atomic E-state index is 12.3. The van der Waals surface area contributed by atoms with Crippen molar-refractivity contribution in [2.75, 3.05) is 23.3 Å². The Balaban J connectivity index is 1.45. The number of hydrogen-bond donors (Lipinski definition) is 1. The Kier molecular flexibility index (Phi) is 3.86. The number of anilines is 2. The van der Waals surface area contributed by atoms with Crippen LogP contribution in [0.2, 0.25) is 0 Å². The number of carbonyl (C=O) groups excluding carboxylic acids is 1. The quantitative estimate of drug-likeness (QED) is 0.802. The number of nitrogens with zero attached hydrogens (tertiary/aromatic N) is 3. The molecular weight excluding hydrogens is 304 g/mol. The second kappa shape index (κ2) is 6.31. The molecule has 6 nitrogen and oxygen atoms in total. The van der Waals surface area contributed by atoms with Crippen molar-refractivity contribution in [3.05, 3.63) is 49.0 Å². The molecule has 122 valence electrons. The van der Waals surface area contributed by atoms with Crippen molar-refractivity contribution in [2.24, 2.45) is 5.92 Å². The highest BCUT2D eigenvalue weighted by molar-refractivity contribution is 5.94. The van der Waals surface area contributed by atoms with E-state index in [9.17, 15) is 4.79 Å². The molecule has 0 unspecified atom stereocenters. The van der Waals surface area contributed by atoms with Crippen molar-refractivity contribution in [1.82, 2.24) is 10.1 Å². The third kappa shape index (κ3) is 2.82. The first kappa shape index (κ1) is 14.7. The first-order valence-electron chi connectivity index (χ1n) is 8.10. The number of amides is 1. The normalized spacial score (nSPS) is 15.6. The molecule has 1 aliphatic heterocycles. The van der Waals surface area contributed by atoms with Gasteiger partial charge >= 0.3 is 0 Å². The van der Waals surface area contributed by atoms with Gasteiger partial charge in [0.05, 0.1) is 0 Å². The summed E-state index contributed by atoms with van der Waals surface area (Å²) in [5.74, 6) is 0.504. The van der Waals surface area contributed by atoms with Gasteiger partial charge < -0.3 is 14.7 Å². The van der Waals surface area contributed by atoms with Gasteiger partial charge in [-0.3, -0.25) is 9.78 Å². The van der Waals surface area contributed by atoms with Gasteiger partial charge in [0.15, 0.2) is 5.82 Å². The summed E-state index contributed by atoms with van der Waals surface area (Å²) in [4.78, 5) is 18.8. The fourth-order valence-electron chi connectivity index (χ4n) is 3.27. The van der Waals surface area contributed by atoms with E-state index in [-0.39, 0.29) is 11.8 Å². The first-order chi connectivity index (χ1) is 11.8. The number of fused-ring (bicyclic) bond motifs is 1. The molecule has 0 aliphatic carbocycles. The summed E-state index contributed by atoms with van der Waals surface area (Å²) in [6.45, 7) is 1.72. The molecule has 0 spiro atoms. The molecule has 0 saturated carbocycles. The summed E-state index contributed by atoms with van der Waals surface area (Å²) in [6, 6.07) is 9.97. The lowest BCUT2D eigenvalue weighted by molar-refractivity contribution is -0.120. The number of nitrogens with one attached hydrogen (secondary N) is 1. The van der Waals surface area contributed by atoms with Crippen LogP contribution in [0.5, 0.6) is 0 Å². The summed E-state index contributed by atoms with van der Waals surface area (Å²) in [5, 5.41) is 8.88. The van der Waals surface area contributed by atoms with Gasteiger partial charge in [-0.05, 0) is 25.0 Å². The van der Waals surface area contributed by atoms with Crippen LogP contribution in [0.15, 0.2) is 53.5 Å². The zero-order chi connectivity index (χ0) is 16.4. The summed E-state index contributed by atoms with van der Waals surface area (Å²) >= 11 is 0. The Labute approximate surface area is 139 Å². The van der Waals surface area contributed by atoms with Gasteiger partial charge in [0.2, 0.25) is 5.91 Å². The molecule has 3 aromatic rings. The van der Waals surface area contributed by atoms with E-state index in [1.807, 2.05) is 18.5 Å². The largest absolute Gasteiger partial charge is 0.371 e. The van der Waals surface area contributed by atoms with E-state index in [2.05, 4.69) is 38.6 Å². The van der Waals surface area contributed by atoms with E-state index in [4.69, 9.17) is 4.52 Å². The molecule has 0 radical (unpaired) electrons. The van der Waals surface area contributed by atoms with Crippen LogP contribution < -0.4 is 10.2 Å². The number of pyridine rings is 1. The second-order valence-corrected chi connectivity index (χ2v) is 6.01. The lowest BCUT2D eigenvalue weighted by Crippen LogP contribution is -2.38. The minimum atomic E-state index is 0.00888. The number of aromatic nitrogens is 2. The van der Waals surface area contributed by atoms with E-state index in [0.717, 1.165) is 31.3 Å². The van der Waals surface area contributed by atoms with Crippen LogP contribution in [-0.4, -0.2) is 29.1 Å². The Morgan fingerprint density at radius 2 is 2.08 bits per heavy atom. The lowest BCUT2D eigenvalue weighted by Gasteiger charge is -2.33. The smallest absolute Gasteiger partial charge is 0.228 e. The van der Waals surface area contributed by atoms with Gasteiger partial charge in [0.1, 0.15) is 6.26 Å². The number of piperidine rings is 1. The third-order valence-electron chi connectivity index (χ3n) is 4.55. The van der Waals surface area contributed by atoms with Crippen molar-refractivity contribution in [3.8, 4) is 0 Å². The molecule has 1 fully saturated rings. The zero-order valence-electron chi connectivity index (χ0n) is 13.2. The molecule has 24 heavy (non-hydrogen) atoms. The van der Waals surface area contributed by atoms with Gasteiger partial charge in [-0.1, -0.05) is 17.3 Å². The molecule has 1 aromatic carbocycles. The standard InChI is InChI=1S/C18H18N4O2/c23-18(20-17-7-11-24-21-17)13-5-9-22(10-6-13)16-3-1-2-14-12-19-8-4-15(14)16/h1-4,7-8,11-13H,5-6,9-10H2,(H,20,21,23). The van der Waals surface area contributed by atoms with Crippen LogP contribution >= 0.6 is 0 Å². The molecule has 1 saturated heterocycles. The number of carbonyl (C=O) groups is 1. The highest BCUT2D eigenvalue weighted by atomic mass is 16.5. The van der Waals surface area contributed by atoms with Crippen LogP contribution in [-0.2, 0) is 4.79 Å². The maximum Gasteiger partial charge on any atom is 0.228 e. The molecule has 1 aliphatic rings.